The molecule has 0 aromatic heterocycles. The maximum atomic E-state index is 13.0. The van der Waals surface area contributed by atoms with Crippen molar-refractivity contribution in [3.63, 3.8) is 0 Å². The molecule has 8 nitrogen and oxygen atoms in total. The smallest absolute Gasteiger partial charge is 0.325 e. The molecule has 8 heteroatoms. The Bertz CT molecular complexity index is 856. The molecule has 1 atom stereocenters. The SMILES string of the molecule is COc1ccccc1C[C@]1(C)NC(=O)N(CC(=O)NC2(C#N)CCCCC2)C1=O. The van der Waals surface area contributed by atoms with E-state index in [0.29, 0.717) is 18.6 Å². The van der Waals surface area contributed by atoms with Gasteiger partial charge >= 0.3 is 6.03 Å². The average Bonchev–Trinajstić information content (AvgIpc) is 2.92. The third-order valence-electron chi connectivity index (χ3n) is 5.68. The van der Waals surface area contributed by atoms with Crippen LogP contribution in [0.4, 0.5) is 4.79 Å². The number of methoxy groups -OCH3 is 1. The van der Waals surface area contributed by atoms with Crippen LogP contribution in [0.3, 0.4) is 0 Å². The fourth-order valence-electron chi connectivity index (χ4n) is 4.11. The van der Waals surface area contributed by atoms with E-state index < -0.39 is 35.5 Å². The minimum Gasteiger partial charge on any atom is -0.496 e. The maximum Gasteiger partial charge on any atom is 0.325 e. The van der Waals surface area contributed by atoms with Crippen LogP contribution in [0.1, 0.15) is 44.6 Å². The van der Waals surface area contributed by atoms with E-state index in [0.717, 1.165) is 29.7 Å². The molecule has 154 valence electrons. The second-order valence-corrected chi connectivity index (χ2v) is 7.94. The van der Waals surface area contributed by atoms with Gasteiger partial charge in [0.15, 0.2) is 0 Å². The summed E-state index contributed by atoms with van der Waals surface area (Å²) in [6, 6.07) is 8.87. The Morgan fingerprint density at radius 2 is 1.97 bits per heavy atom. The van der Waals surface area contributed by atoms with E-state index in [1.54, 1.807) is 20.1 Å². The van der Waals surface area contributed by atoms with Crippen LogP contribution in [0.25, 0.3) is 0 Å². The molecule has 2 N–H and O–H groups in total. The molecule has 0 bridgehead atoms. The number of para-hydroxylation sites is 1. The minimum atomic E-state index is -1.18. The van der Waals surface area contributed by atoms with Gasteiger partial charge in [0.1, 0.15) is 23.4 Å². The number of nitriles is 1. The molecule has 1 saturated heterocycles. The van der Waals surface area contributed by atoms with Crippen LogP contribution in [-0.2, 0) is 16.0 Å². The number of urea groups is 1. The highest BCUT2D eigenvalue weighted by molar-refractivity contribution is 6.09. The topological polar surface area (TPSA) is 112 Å². The van der Waals surface area contributed by atoms with E-state index in [4.69, 9.17) is 4.74 Å². The molecule has 1 aromatic rings. The number of nitrogens with zero attached hydrogens (tertiary/aromatic N) is 2. The zero-order valence-corrected chi connectivity index (χ0v) is 16.8. The van der Waals surface area contributed by atoms with Crippen molar-refractivity contribution in [3.8, 4) is 11.8 Å². The number of amides is 4. The number of ether oxygens (including phenoxy) is 1. The van der Waals surface area contributed by atoms with Gasteiger partial charge in [0, 0.05) is 6.42 Å². The third kappa shape index (κ3) is 4.19. The highest BCUT2D eigenvalue weighted by Gasteiger charge is 2.49. The fourth-order valence-corrected chi connectivity index (χ4v) is 4.11. The minimum absolute atomic E-state index is 0.238. The van der Waals surface area contributed by atoms with Crippen LogP contribution in [0, 0.1) is 11.3 Å². The molecule has 1 saturated carbocycles. The van der Waals surface area contributed by atoms with Gasteiger partial charge in [0.25, 0.3) is 5.91 Å². The molecule has 3 rings (SSSR count). The Morgan fingerprint density at radius 3 is 2.62 bits per heavy atom. The zero-order chi connectivity index (χ0) is 21.1. The summed E-state index contributed by atoms with van der Waals surface area (Å²) in [5.41, 5.74) is -1.30. The standard InChI is InChI=1S/C21H26N4O4/c1-20(12-15-8-4-5-9-16(15)29-2)18(27)25(19(28)24-20)13-17(26)23-21(14-22)10-6-3-7-11-21/h4-5,8-9H,3,6-7,10-13H2,1-2H3,(H,23,26)(H,24,28)/t20-/m0/s1. The molecule has 2 aliphatic rings. The lowest BCUT2D eigenvalue weighted by Crippen LogP contribution is -2.52. The summed E-state index contributed by atoms with van der Waals surface area (Å²) < 4.78 is 5.33. The number of benzene rings is 1. The van der Waals surface area contributed by atoms with Crippen molar-refractivity contribution in [2.24, 2.45) is 0 Å². The first kappa shape index (κ1) is 20.6. The summed E-state index contributed by atoms with van der Waals surface area (Å²) in [6.45, 7) is 1.23. The van der Waals surface area contributed by atoms with Crippen LogP contribution in [0.5, 0.6) is 5.75 Å². The van der Waals surface area contributed by atoms with Gasteiger partial charge in [-0.05, 0) is 31.4 Å². The van der Waals surface area contributed by atoms with Gasteiger partial charge in [-0.3, -0.25) is 14.5 Å². The van der Waals surface area contributed by atoms with Gasteiger partial charge in [-0.25, -0.2) is 4.79 Å². The van der Waals surface area contributed by atoms with Crippen LogP contribution in [0.15, 0.2) is 24.3 Å². The van der Waals surface area contributed by atoms with Crippen LogP contribution in [0.2, 0.25) is 0 Å². The second kappa shape index (κ2) is 8.11. The first-order valence-corrected chi connectivity index (χ1v) is 9.81. The molecule has 29 heavy (non-hydrogen) atoms. The Kier molecular flexibility index (Phi) is 5.78. The largest absolute Gasteiger partial charge is 0.496 e. The van der Waals surface area contributed by atoms with Crippen LogP contribution in [-0.4, -0.2) is 47.5 Å². The highest BCUT2D eigenvalue weighted by atomic mass is 16.5. The van der Waals surface area contributed by atoms with Crippen molar-refractivity contribution in [2.75, 3.05) is 13.7 Å². The van der Waals surface area contributed by atoms with Crippen LogP contribution >= 0.6 is 0 Å². The highest BCUT2D eigenvalue weighted by Crippen LogP contribution is 2.29. The van der Waals surface area contributed by atoms with E-state index in [-0.39, 0.29) is 6.42 Å². The summed E-state index contributed by atoms with van der Waals surface area (Å²) in [4.78, 5) is 38.9. The fraction of sp³-hybridized carbons (Fsp3) is 0.524. The number of imide groups is 1. The third-order valence-corrected chi connectivity index (χ3v) is 5.68. The van der Waals surface area contributed by atoms with E-state index in [2.05, 4.69) is 16.7 Å². The Balaban J connectivity index is 1.70. The van der Waals surface area contributed by atoms with Crippen molar-refractivity contribution in [3.05, 3.63) is 29.8 Å². The van der Waals surface area contributed by atoms with Gasteiger partial charge in [-0.1, -0.05) is 37.5 Å². The van der Waals surface area contributed by atoms with Crippen molar-refractivity contribution in [1.29, 1.82) is 5.26 Å². The van der Waals surface area contributed by atoms with Gasteiger partial charge < -0.3 is 15.4 Å². The number of nitrogens with one attached hydrogen (secondary N) is 2. The second-order valence-electron chi connectivity index (χ2n) is 7.94. The molecule has 0 radical (unpaired) electrons. The molecular formula is C21H26N4O4. The Hall–Kier alpha value is -3.08. The van der Waals surface area contributed by atoms with Crippen molar-refractivity contribution in [1.82, 2.24) is 15.5 Å². The maximum absolute atomic E-state index is 13.0. The number of rotatable bonds is 6. The molecular weight excluding hydrogens is 372 g/mol. The zero-order valence-electron chi connectivity index (χ0n) is 16.8. The molecule has 0 unspecified atom stereocenters. The number of hydrogen-bond acceptors (Lipinski definition) is 5. The molecule has 0 spiro atoms. The lowest BCUT2D eigenvalue weighted by Gasteiger charge is -2.32. The van der Waals surface area contributed by atoms with Gasteiger partial charge in [0.05, 0.1) is 13.2 Å². The molecule has 4 amide bonds. The molecule has 1 aliphatic heterocycles. The molecule has 1 aromatic carbocycles. The van der Waals surface area contributed by atoms with Crippen LogP contribution < -0.4 is 15.4 Å². The Labute approximate surface area is 170 Å². The monoisotopic (exact) mass is 398 g/mol. The van der Waals surface area contributed by atoms with E-state index >= 15 is 0 Å². The van der Waals surface area contributed by atoms with Gasteiger partial charge in [0.2, 0.25) is 5.91 Å². The van der Waals surface area contributed by atoms with E-state index in [1.807, 2.05) is 18.2 Å². The summed E-state index contributed by atoms with van der Waals surface area (Å²) in [7, 11) is 1.54. The van der Waals surface area contributed by atoms with Crippen molar-refractivity contribution >= 4 is 17.8 Å². The predicted molar refractivity (Wildman–Crippen MR) is 105 cm³/mol. The molecule has 1 heterocycles. The molecule has 2 fully saturated rings. The summed E-state index contributed by atoms with van der Waals surface area (Å²) in [5.74, 6) is -0.350. The average molecular weight is 398 g/mol. The predicted octanol–water partition coefficient (Wildman–Crippen LogP) is 1.89. The first-order chi connectivity index (χ1) is 13.8. The molecule has 1 aliphatic carbocycles. The summed E-state index contributed by atoms with van der Waals surface area (Å²) >= 11 is 0. The van der Waals surface area contributed by atoms with E-state index in [9.17, 15) is 19.6 Å². The quantitative estimate of drug-likeness (QED) is 0.711. The lowest BCUT2D eigenvalue weighted by atomic mass is 9.83. The number of carbonyl (C=O) groups is 3. The first-order valence-electron chi connectivity index (χ1n) is 9.81. The van der Waals surface area contributed by atoms with Crippen molar-refractivity contribution < 1.29 is 19.1 Å². The normalized spacial score (nSPS) is 23.3. The number of carbonyl (C=O) groups excluding carboxylic acids is 3. The van der Waals surface area contributed by atoms with Crippen molar-refractivity contribution in [2.45, 2.75) is 56.5 Å². The Morgan fingerprint density at radius 1 is 1.28 bits per heavy atom. The van der Waals surface area contributed by atoms with E-state index in [1.165, 1.54) is 0 Å². The number of hydrogen-bond donors (Lipinski definition) is 2. The van der Waals surface area contributed by atoms with Gasteiger partial charge in [-0.2, -0.15) is 5.26 Å². The van der Waals surface area contributed by atoms with Gasteiger partial charge in [-0.15, -0.1) is 0 Å². The lowest BCUT2D eigenvalue weighted by molar-refractivity contribution is -0.135. The summed E-state index contributed by atoms with van der Waals surface area (Å²) in [6.07, 6.45) is 4.18. The summed E-state index contributed by atoms with van der Waals surface area (Å²) in [5, 5.41) is 15.0.